The molecule has 0 bridgehead atoms. The van der Waals surface area contributed by atoms with E-state index in [9.17, 15) is 4.39 Å². The van der Waals surface area contributed by atoms with Gasteiger partial charge in [0.15, 0.2) is 0 Å². The Hall–Kier alpha value is -0.410. The van der Waals surface area contributed by atoms with E-state index < -0.39 is 0 Å². The molecule has 0 aromatic heterocycles. The van der Waals surface area contributed by atoms with Crippen LogP contribution in [0.25, 0.3) is 0 Å². The van der Waals surface area contributed by atoms with Gasteiger partial charge >= 0.3 is 0 Å². The summed E-state index contributed by atoms with van der Waals surface area (Å²) in [6.45, 7) is 4.24. The van der Waals surface area contributed by atoms with Gasteiger partial charge in [0.25, 0.3) is 0 Å². The lowest BCUT2D eigenvalue weighted by molar-refractivity contribution is 0.417. The first-order valence-electron chi connectivity index (χ1n) is 5.15. The van der Waals surface area contributed by atoms with Crippen molar-refractivity contribution in [3.05, 3.63) is 34.1 Å². The summed E-state index contributed by atoms with van der Waals surface area (Å²) in [5.41, 5.74) is 0.777. The van der Waals surface area contributed by atoms with E-state index in [1.54, 1.807) is 6.07 Å². The van der Waals surface area contributed by atoms with Crippen LogP contribution in [0.1, 0.15) is 19.4 Å². The fourth-order valence-electron chi connectivity index (χ4n) is 1.51. The average Bonchev–Trinajstić information content (AvgIpc) is 2.22. The van der Waals surface area contributed by atoms with Gasteiger partial charge < -0.3 is 5.32 Å². The van der Waals surface area contributed by atoms with Crippen molar-refractivity contribution in [2.24, 2.45) is 5.92 Å². The molecule has 0 heterocycles. The maximum absolute atomic E-state index is 13.5. The molecule has 15 heavy (non-hydrogen) atoms. The summed E-state index contributed by atoms with van der Waals surface area (Å²) in [5, 5.41) is 3.18. The maximum atomic E-state index is 13.5. The molecule has 1 N–H and O–H groups in total. The average molecular weight is 274 g/mol. The summed E-state index contributed by atoms with van der Waals surface area (Å²) < 4.78 is 14.4. The first-order valence-corrected chi connectivity index (χ1v) is 5.95. The van der Waals surface area contributed by atoms with Gasteiger partial charge in [0.2, 0.25) is 0 Å². The highest BCUT2D eigenvalue weighted by atomic mass is 79.9. The number of nitrogens with one attached hydrogen (secondary N) is 1. The number of hydrogen-bond donors (Lipinski definition) is 1. The second kappa shape index (κ2) is 5.61. The standard InChI is InChI=1S/C12H17BrFN/c1-8(9(2)15-3)6-10-7-11(13)4-5-12(10)14/h4-5,7-9,15H,6H2,1-3H3. The predicted molar refractivity (Wildman–Crippen MR) is 65.5 cm³/mol. The van der Waals surface area contributed by atoms with Crippen LogP contribution in [0.5, 0.6) is 0 Å². The van der Waals surface area contributed by atoms with Crippen LogP contribution in [0.3, 0.4) is 0 Å². The van der Waals surface area contributed by atoms with Gasteiger partial charge in [0.05, 0.1) is 0 Å². The molecule has 84 valence electrons. The van der Waals surface area contributed by atoms with Crippen LogP contribution < -0.4 is 5.32 Å². The summed E-state index contributed by atoms with van der Waals surface area (Å²) in [4.78, 5) is 0. The van der Waals surface area contributed by atoms with Gasteiger partial charge in [0, 0.05) is 10.5 Å². The number of hydrogen-bond acceptors (Lipinski definition) is 1. The molecule has 0 amide bonds. The van der Waals surface area contributed by atoms with Gasteiger partial charge in [-0.25, -0.2) is 4.39 Å². The van der Waals surface area contributed by atoms with Crippen LogP contribution in [-0.4, -0.2) is 13.1 Å². The Balaban J connectivity index is 2.75. The molecule has 0 spiro atoms. The topological polar surface area (TPSA) is 12.0 Å². The minimum absolute atomic E-state index is 0.117. The number of benzene rings is 1. The van der Waals surface area contributed by atoms with Crippen molar-refractivity contribution < 1.29 is 4.39 Å². The van der Waals surface area contributed by atoms with Crippen LogP contribution in [0.2, 0.25) is 0 Å². The Bertz CT molecular complexity index is 327. The predicted octanol–water partition coefficient (Wildman–Crippen LogP) is 3.37. The van der Waals surface area contributed by atoms with E-state index in [0.29, 0.717) is 12.0 Å². The highest BCUT2D eigenvalue weighted by Gasteiger charge is 2.13. The molecule has 1 rings (SSSR count). The summed E-state index contributed by atoms with van der Waals surface area (Å²) in [7, 11) is 1.93. The zero-order chi connectivity index (χ0) is 11.4. The van der Waals surface area contributed by atoms with E-state index in [-0.39, 0.29) is 5.82 Å². The van der Waals surface area contributed by atoms with Crippen molar-refractivity contribution in [2.75, 3.05) is 7.05 Å². The third-order valence-corrected chi connectivity index (χ3v) is 3.35. The monoisotopic (exact) mass is 273 g/mol. The molecule has 0 aliphatic heterocycles. The van der Waals surface area contributed by atoms with Crippen LogP contribution in [0.15, 0.2) is 22.7 Å². The zero-order valence-corrected chi connectivity index (χ0v) is 10.9. The minimum atomic E-state index is -0.117. The van der Waals surface area contributed by atoms with Crippen LogP contribution in [0.4, 0.5) is 4.39 Å². The van der Waals surface area contributed by atoms with Gasteiger partial charge in [-0.15, -0.1) is 0 Å². The lowest BCUT2D eigenvalue weighted by Crippen LogP contribution is -2.30. The second-order valence-electron chi connectivity index (χ2n) is 3.99. The van der Waals surface area contributed by atoms with Gasteiger partial charge in [0.1, 0.15) is 5.82 Å². The van der Waals surface area contributed by atoms with E-state index in [1.165, 1.54) is 6.07 Å². The molecule has 0 radical (unpaired) electrons. The first-order chi connectivity index (χ1) is 7.04. The lowest BCUT2D eigenvalue weighted by atomic mass is 9.95. The van der Waals surface area contributed by atoms with Gasteiger partial charge in [-0.1, -0.05) is 22.9 Å². The van der Waals surface area contributed by atoms with Crippen molar-refractivity contribution in [3.8, 4) is 0 Å². The molecular weight excluding hydrogens is 257 g/mol. The number of halogens is 2. The zero-order valence-electron chi connectivity index (χ0n) is 9.35. The van der Waals surface area contributed by atoms with Crippen LogP contribution >= 0.6 is 15.9 Å². The first kappa shape index (κ1) is 12.7. The molecular formula is C12H17BrFN. The largest absolute Gasteiger partial charge is 0.317 e. The quantitative estimate of drug-likeness (QED) is 0.887. The molecule has 3 heteroatoms. The van der Waals surface area contributed by atoms with Gasteiger partial charge in [-0.2, -0.15) is 0 Å². The van der Waals surface area contributed by atoms with Crippen molar-refractivity contribution in [3.63, 3.8) is 0 Å². The molecule has 0 saturated heterocycles. The molecule has 1 aromatic carbocycles. The fraction of sp³-hybridized carbons (Fsp3) is 0.500. The Morgan fingerprint density at radius 3 is 2.67 bits per heavy atom. The van der Waals surface area contributed by atoms with Crippen LogP contribution in [0, 0.1) is 11.7 Å². The third kappa shape index (κ3) is 3.58. The molecule has 2 atom stereocenters. The summed E-state index contributed by atoms with van der Waals surface area (Å²) in [6, 6.07) is 5.48. The van der Waals surface area contributed by atoms with Crippen molar-refractivity contribution in [1.82, 2.24) is 5.32 Å². The minimum Gasteiger partial charge on any atom is -0.317 e. The summed E-state index contributed by atoms with van der Waals surface area (Å²) in [6.07, 6.45) is 0.757. The Kier molecular flexibility index (Phi) is 4.74. The maximum Gasteiger partial charge on any atom is 0.126 e. The Labute approximate surface area is 99.2 Å². The highest BCUT2D eigenvalue weighted by molar-refractivity contribution is 9.10. The van der Waals surface area contributed by atoms with Gasteiger partial charge in [-0.3, -0.25) is 0 Å². The molecule has 2 unspecified atom stereocenters. The van der Waals surface area contributed by atoms with Crippen molar-refractivity contribution >= 4 is 15.9 Å². The smallest absolute Gasteiger partial charge is 0.126 e. The lowest BCUT2D eigenvalue weighted by Gasteiger charge is -2.19. The molecule has 1 nitrogen and oxygen atoms in total. The van der Waals surface area contributed by atoms with E-state index >= 15 is 0 Å². The molecule has 0 saturated carbocycles. The molecule has 1 aromatic rings. The van der Waals surface area contributed by atoms with E-state index in [2.05, 4.69) is 35.1 Å². The fourth-order valence-corrected chi connectivity index (χ4v) is 1.92. The Morgan fingerprint density at radius 2 is 2.07 bits per heavy atom. The molecule has 0 aliphatic carbocycles. The van der Waals surface area contributed by atoms with E-state index in [4.69, 9.17) is 0 Å². The molecule has 0 fully saturated rings. The van der Waals surface area contributed by atoms with E-state index in [0.717, 1.165) is 16.5 Å². The summed E-state index contributed by atoms with van der Waals surface area (Å²) in [5.74, 6) is 0.298. The number of rotatable bonds is 4. The third-order valence-electron chi connectivity index (χ3n) is 2.86. The van der Waals surface area contributed by atoms with E-state index in [1.807, 2.05) is 13.1 Å². The van der Waals surface area contributed by atoms with Crippen molar-refractivity contribution in [1.29, 1.82) is 0 Å². The second-order valence-corrected chi connectivity index (χ2v) is 4.91. The highest BCUT2D eigenvalue weighted by Crippen LogP contribution is 2.19. The SMILES string of the molecule is CNC(C)C(C)Cc1cc(Br)ccc1F. The summed E-state index contributed by atoms with van der Waals surface area (Å²) >= 11 is 3.36. The Morgan fingerprint density at radius 1 is 1.40 bits per heavy atom. The molecule has 0 aliphatic rings. The normalized spacial score (nSPS) is 15.0. The van der Waals surface area contributed by atoms with Gasteiger partial charge in [-0.05, 0) is 50.1 Å². The van der Waals surface area contributed by atoms with Crippen LogP contribution in [-0.2, 0) is 6.42 Å². The van der Waals surface area contributed by atoms with Crippen molar-refractivity contribution in [2.45, 2.75) is 26.3 Å².